The van der Waals surface area contributed by atoms with Crippen LogP contribution in [-0.2, 0) is 6.42 Å². The number of alkyl halides is 3. The van der Waals surface area contributed by atoms with Crippen LogP contribution in [0.2, 0.25) is 0 Å². The van der Waals surface area contributed by atoms with Crippen molar-refractivity contribution in [3.63, 3.8) is 0 Å². The highest BCUT2D eigenvalue weighted by Gasteiger charge is 2.26. The second-order valence-corrected chi connectivity index (χ2v) is 4.73. The smallest absolute Gasteiger partial charge is 0.389 e. The number of hydrogen-bond donors (Lipinski definition) is 1. The Kier molecular flexibility index (Phi) is 6.13. The van der Waals surface area contributed by atoms with E-state index in [1.165, 1.54) is 7.11 Å². The molecule has 1 unspecified atom stereocenters. The van der Waals surface area contributed by atoms with Crippen LogP contribution in [0.4, 0.5) is 13.2 Å². The van der Waals surface area contributed by atoms with E-state index < -0.39 is 12.6 Å². The van der Waals surface area contributed by atoms with E-state index in [4.69, 9.17) is 15.2 Å². The van der Waals surface area contributed by atoms with Crippen molar-refractivity contribution in [1.82, 2.24) is 0 Å². The highest BCUT2D eigenvalue weighted by molar-refractivity contribution is 5.43. The number of nitrogens with two attached hydrogens (primary N) is 1. The molecule has 0 aliphatic rings. The number of rotatable bonds is 7. The lowest BCUT2D eigenvalue weighted by atomic mass is 10.1. The summed E-state index contributed by atoms with van der Waals surface area (Å²) in [5, 5.41) is 0. The number of ether oxygens (including phenoxy) is 2. The second kappa shape index (κ2) is 7.38. The SMILES string of the molecule is COc1cc(CC(C)N)ccc1OCCCC(F)(F)F. The third kappa shape index (κ3) is 6.14. The van der Waals surface area contributed by atoms with Crippen LogP contribution in [0.15, 0.2) is 18.2 Å². The monoisotopic (exact) mass is 291 g/mol. The lowest BCUT2D eigenvalue weighted by Gasteiger charge is -2.13. The summed E-state index contributed by atoms with van der Waals surface area (Å²) in [7, 11) is 1.49. The summed E-state index contributed by atoms with van der Waals surface area (Å²) in [6.45, 7) is 1.90. The first-order valence-corrected chi connectivity index (χ1v) is 6.44. The molecule has 0 aliphatic carbocycles. The third-order valence-electron chi connectivity index (χ3n) is 2.65. The Balaban J connectivity index is 2.57. The number of benzene rings is 1. The quantitative estimate of drug-likeness (QED) is 0.784. The highest BCUT2D eigenvalue weighted by Crippen LogP contribution is 2.29. The van der Waals surface area contributed by atoms with Gasteiger partial charge in [-0.3, -0.25) is 0 Å². The Morgan fingerprint density at radius 3 is 2.50 bits per heavy atom. The molecule has 20 heavy (non-hydrogen) atoms. The molecule has 114 valence electrons. The van der Waals surface area contributed by atoms with Crippen LogP contribution in [0.5, 0.6) is 11.5 Å². The van der Waals surface area contributed by atoms with Gasteiger partial charge < -0.3 is 15.2 Å². The molecule has 6 heteroatoms. The summed E-state index contributed by atoms with van der Waals surface area (Å²) in [5.74, 6) is 0.957. The second-order valence-electron chi connectivity index (χ2n) is 4.73. The highest BCUT2D eigenvalue weighted by atomic mass is 19.4. The Labute approximate surface area is 116 Å². The van der Waals surface area contributed by atoms with Crippen LogP contribution in [0.25, 0.3) is 0 Å². The predicted octanol–water partition coefficient (Wildman–Crippen LogP) is 3.31. The van der Waals surface area contributed by atoms with Gasteiger partial charge in [0.05, 0.1) is 13.7 Å². The van der Waals surface area contributed by atoms with E-state index in [2.05, 4.69) is 0 Å². The van der Waals surface area contributed by atoms with E-state index in [0.717, 1.165) is 5.56 Å². The zero-order chi connectivity index (χ0) is 15.2. The molecule has 0 bridgehead atoms. The maximum Gasteiger partial charge on any atom is 0.389 e. The molecule has 0 radical (unpaired) electrons. The molecule has 1 rings (SSSR count). The van der Waals surface area contributed by atoms with Crippen molar-refractivity contribution in [1.29, 1.82) is 0 Å². The molecular formula is C14H20F3NO2. The molecule has 0 spiro atoms. The molecule has 0 saturated carbocycles. The molecule has 0 fully saturated rings. The summed E-state index contributed by atoms with van der Waals surface area (Å²) in [6, 6.07) is 5.36. The molecule has 0 amide bonds. The number of hydrogen-bond acceptors (Lipinski definition) is 3. The van der Waals surface area contributed by atoms with Crippen LogP contribution in [-0.4, -0.2) is 25.9 Å². The minimum absolute atomic E-state index is 0.00249. The maximum atomic E-state index is 12.0. The van der Waals surface area contributed by atoms with E-state index in [9.17, 15) is 13.2 Å². The van der Waals surface area contributed by atoms with Gasteiger partial charge in [0.15, 0.2) is 11.5 Å². The average Bonchev–Trinajstić information content (AvgIpc) is 2.33. The molecule has 1 aromatic rings. The zero-order valence-corrected chi connectivity index (χ0v) is 11.7. The van der Waals surface area contributed by atoms with Crippen LogP contribution < -0.4 is 15.2 Å². The van der Waals surface area contributed by atoms with Crippen LogP contribution in [0.3, 0.4) is 0 Å². The lowest BCUT2D eigenvalue weighted by Crippen LogP contribution is -2.17. The van der Waals surface area contributed by atoms with Gasteiger partial charge >= 0.3 is 6.18 Å². The first-order valence-electron chi connectivity index (χ1n) is 6.44. The molecular weight excluding hydrogens is 271 g/mol. The zero-order valence-electron chi connectivity index (χ0n) is 11.7. The molecule has 2 N–H and O–H groups in total. The van der Waals surface area contributed by atoms with E-state index in [-0.39, 0.29) is 19.1 Å². The molecule has 0 heterocycles. The van der Waals surface area contributed by atoms with Gasteiger partial charge in [0.25, 0.3) is 0 Å². The Morgan fingerprint density at radius 1 is 1.25 bits per heavy atom. The van der Waals surface area contributed by atoms with Crippen molar-refractivity contribution in [2.45, 2.75) is 38.4 Å². The number of halogens is 3. The largest absolute Gasteiger partial charge is 0.493 e. The van der Waals surface area contributed by atoms with Crippen LogP contribution in [0, 0.1) is 0 Å². The minimum atomic E-state index is -4.14. The van der Waals surface area contributed by atoms with E-state index in [1.807, 2.05) is 13.0 Å². The summed E-state index contributed by atoms with van der Waals surface area (Å²) < 4.78 is 46.5. The normalized spacial score (nSPS) is 13.1. The fourth-order valence-electron chi connectivity index (χ4n) is 1.78. The van der Waals surface area contributed by atoms with Gasteiger partial charge in [-0.15, -0.1) is 0 Å². The molecule has 0 aromatic heterocycles. The van der Waals surface area contributed by atoms with Crippen molar-refractivity contribution >= 4 is 0 Å². The van der Waals surface area contributed by atoms with Crippen molar-refractivity contribution in [2.75, 3.05) is 13.7 Å². The fraction of sp³-hybridized carbons (Fsp3) is 0.571. The van der Waals surface area contributed by atoms with Gasteiger partial charge in [-0.25, -0.2) is 0 Å². The van der Waals surface area contributed by atoms with Crippen molar-refractivity contribution in [3.05, 3.63) is 23.8 Å². The molecule has 1 atom stereocenters. The van der Waals surface area contributed by atoms with Crippen molar-refractivity contribution in [2.24, 2.45) is 5.73 Å². The molecule has 0 saturated heterocycles. The summed E-state index contributed by atoms with van der Waals surface area (Å²) in [5.41, 5.74) is 6.71. The molecule has 1 aromatic carbocycles. The maximum absolute atomic E-state index is 12.0. The molecule has 3 nitrogen and oxygen atoms in total. The Hall–Kier alpha value is -1.43. The van der Waals surface area contributed by atoms with E-state index >= 15 is 0 Å². The van der Waals surface area contributed by atoms with Crippen LogP contribution in [0.1, 0.15) is 25.3 Å². The van der Waals surface area contributed by atoms with Crippen molar-refractivity contribution < 1.29 is 22.6 Å². The Bertz CT molecular complexity index is 419. The van der Waals surface area contributed by atoms with E-state index in [1.54, 1.807) is 12.1 Å². The summed E-state index contributed by atoms with van der Waals surface area (Å²) in [6.07, 6.45) is -4.37. The van der Waals surface area contributed by atoms with E-state index in [0.29, 0.717) is 17.9 Å². The van der Waals surface area contributed by atoms with Gasteiger partial charge in [-0.05, 0) is 37.5 Å². The summed E-state index contributed by atoms with van der Waals surface area (Å²) >= 11 is 0. The lowest BCUT2D eigenvalue weighted by molar-refractivity contribution is -0.136. The molecule has 0 aliphatic heterocycles. The topological polar surface area (TPSA) is 44.5 Å². The fourth-order valence-corrected chi connectivity index (χ4v) is 1.78. The summed E-state index contributed by atoms with van der Waals surface area (Å²) in [4.78, 5) is 0. The first kappa shape index (κ1) is 16.6. The minimum Gasteiger partial charge on any atom is -0.493 e. The van der Waals surface area contributed by atoms with Crippen LogP contribution >= 0.6 is 0 Å². The standard InChI is InChI=1S/C14H20F3NO2/c1-10(18)8-11-4-5-12(13(9-11)19-2)20-7-3-6-14(15,16)17/h4-5,9-10H,3,6-8,18H2,1-2H3. The van der Waals surface area contributed by atoms with Gasteiger partial charge in [-0.1, -0.05) is 6.07 Å². The van der Waals surface area contributed by atoms with Gasteiger partial charge in [0, 0.05) is 12.5 Å². The van der Waals surface area contributed by atoms with Gasteiger partial charge in [-0.2, -0.15) is 13.2 Å². The van der Waals surface area contributed by atoms with Gasteiger partial charge in [0.2, 0.25) is 0 Å². The third-order valence-corrected chi connectivity index (χ3v) is 2.65. The first-order chi connectivity index (χ1) is 9.31. The average molecular weight is 291 g/mol. The Morgan fingerprint density at radius 2 is 1.95 bits per heavy atom. The van der Waals surface area contributed by atoms with Crippen molar-refractivity contribution in [3.8, 4) is 11.5 Å². The predicted molar refractivity (Wildman–Crippen MR) is 71.1 cm³/mol. The number of methoxy groups -OCH3 is 1. The van der Waals surface area contributed by atoms with Gasteiger partial charge in [0.1, 0.15) is 0 Å².